The Balaban J connectivity index is 2.21. The van der Waals surface area contributed by atoms with Crippen LogP contribution in [-0.2, 0) is 0 Å². The van der Waals surface area contributed by atoms with E-state index in [9.17, 15) is 0 Å². The summed E-state index contributed by atoms with van der Waals surface area (Å²) in [6.07, 6.45) is 0.289. The fourth-order valence-corrected chi connectivity index (χ4v) is 3.87. The summed E-state index contributed by atoms with van der Waals surface area (Å²) >= 11 is 3.33. The van der Waals surface area contributed by atoms with Crippen molar-refractivity contribution in [3.8, 4) is 11.8 Å². The van der Waals surface area contributed by atoms with E-state index in [-0.39, 0.29) is 0 Å². The van der Waals surface area contributed by atoms with E-state index in [0.717, 1.165) is 31.1 Å². The number of hydrogen-bond donors (Lipinski definition) is 0. The van der Waals surface area contributed by atoms with E-state index in [2.05, 4.69) is 11.1 Å². The maximum Gasteiger partial charge on any atom is 0.184 e. The van der Waals surface area contributed by atoms with Gasteiger partial charge in [0, 0.05) is 11.5 Å². The highest BCUT2D eigenvalue weighted by atomic mass is 32.1. The summed E-state index contributed by atoms with van der Waals surface area (Å²) in [6, 6.07) is 6.22. The van der Waals surface area contributed by atoms with Crippen molar-refractivity contribution < 1.29 is 4.74 Å². The molecule has 5 heteroatoms. The van der Waals surface area contributed by atoms with Crippen molar-refractivity contribution in [2.24, 2.45) is 0 Å². The largest absolute Gasteiger partial charge is 0.475 e. The molecular weight excluding hydrogens is 276 g/mol. The number of benzene rings is 1. The van der Waals surface area contributed by atoms with E-state index < -0.39 is 6.10 Å². The second-order valence-corrected chi connectivity index (χ2v) is 6.41. The second-order valence-electron chi connectivity index (χ2n) is 4.26. The summed E-state index contributed by atoms with van der Waals surface area (Å²) in [5.41, 5.74) is 1.05. The van der Waals surface area contributed by atoms with Crippen LogP contribution in [0.15, 0.2) is 17.5 Å². The summed E-state index contributed by atoms with van der Waals surface area (Å²) in [5.74, 6) is 0.792. The molecule has 0 saturated carbocycles. The molecule has 0 bridgehead atoms. The Labute approximate surface area is 119 Å². The van der Waals surface area contributed by atoms with Crippen LogP contribution < -0.4 is 4.74 Å². The molecule has 1 unspecified atom stereocenters. The van der Waals surface area contributed by atoms with Gasteiger partial charge in [0.2, 0.25) is 0 Å². The van der Waals surface area contributed by atoms with Crippen LogP contribution in [0.2, 0.25) is 0 Å². The van der Waals surface area contributed by atoms with E-state index >= 15 is 0 Å². The van der Waals surface area contributed by atoms with Crippen LogP contribution in [0.3, 0.4) is 0 Å². The number of thiophene rings is 1. The number of ether oxygens (including phenoxy) is 1. The third kappa shape index (κ3) is 2.07. The highest BCUT2D eigenvalue weighted by Crippen LogP contribution is 2.39. The van der Waals surface area contributed by atoms with Gasteiger partial charge in [-0.1, -0.05) is 6.92 Å². The van der Waals surface area contributed by atoms with Gasteiger partial charge in [-0.3, -0.25) is 0 Å². The van der Waals surface area contributed by atoms with Crippen molar-refractivity contribution in [1.29, 1.82) is 5.26 Å². The number of nitrogens with zero attached hydrogens (tertiary/aromatic N) is 2. The maximum absolute atomic E-state index is 9.05. The highest BCUT2D eigenvalue weighted by molar-refractivity contribution is 7.21. The SMILES string of the molecule is CCC(C#N)Oc1cc2sc(C)nc2c2sccc12. The van der Waals surface area contributed by atoms with Crippen molar-refractivity contribution in [3.05, 3.63) is 22.5 Å². The Morgan fingerprint density at radius 3 is 3.11 bits per heavy atom. The molecule has 0 radical (unpaired) electrons. The molecule has 3 rings (SSSR count). The Morgan fingerprint density at radius 1 is 1.53 bits per heavy atom. The molecular formula is C14H12N2OS2. The van der Waals surface area contributed by atoms with Gasteiger partial charge in [0.15, 0.2) is 6.10 Å². The van der Waals surface area contributed by atoms with Crippen LogP contribution in [0, 0.1) is 18.3 Å². The van der Waals surface area contributed by atoms with Crippen molar-refractivity contribution in [2.75, 3.05) is 0 Å². The lowest BCUT2D eigenvalue weighted by Gasteiger charge is -2.11. The molecule has 96 valence electrons. The number of aryl methyl sites for hydroxylation is 1. The van der Waals surface area contributed by atoms with Crippen LogP contribution in [0.5, 0.6) is 5.75 Å². The van der Waals surface area contributed by atoms with Crippen molar-refractivity contribution in [1.82, 2.24) is 4.98 Å². The summed E-state index contributed by atoms with van der Waals surface area (Å²) in [6.45, 7) is 3.96. The van der Waals surface area contributed by atoms with Crippen LogP contribution in [0.25, 0.3) is 20.3 Å². The molecule has 19 heavy (non-hydrogen) atoms. The summed E-state index contributed by atoms with van der Waals surface area (Å²) in [5, 5.41) is 13.2. The number of nitriles is 1. The molecule has 0 saturated heterocycles. The molecule has 2 heterocycles. The zero-order valence-corrected chi connectivity index (χ0v) is 12.3. The number of fused-ring (bicyclic) bond motifs is 3. The van der Waals surface area contributed by atoms with Crippen molar-refractivity contribution >= 4 is 43.0 Å². The van der Waals surface area contributed by atoms with Gasteiger partial charge >= 0.3 is 0 Å². The fourth-order valence-electron chi connectivity index (χ4n) is 2.04. The minimum Gasteiger partial charge on any atom is -0.475 e. The van der Waals surface area contributed by atoms with Gasteiger partial charge in [0.25, 0.3) is 0 Å². The van der Waals surface area contributed by atoms with Crippen molar-refractivity contribution in [2.45, 2.75) is 26.4 Å². The van der Waals surface area contributed by atoms with Crippen molar-refractivity contribution in [3.63, 3.8) is 0 Å². The lowest BCUT2D eigenvalue weighted by atomic mass is 10.2. The molecule has 1 atom stereocenters. The molecule has 3 aromatic rings. The maximum atomic E-state index is 9.05. The number of rotatable bonds is 3. The quantitative estimate of drug-likeness (QED) is 0.712. The first-order valence-corrected chi connectivity index (χ1v) is 7.76. The van der Waals surface area contributed by atoms with E-state index in [4.69, 9.17) is 10.00 Å². The average Bonchev–Trinajstić information content (AvgIpc) is 3.00. The van der Waals surface area contributed by atoms with E-state index in [1.807, 2.05) is 31.4 Å². The third-order valence-electron chi connectivity index (χ3n) is 2.95. The van der Waals surface area contributed by atoms with Gasteiger partial charge in [0.05, 0.1) is 19.9 Å². The first-order chi connectivity index (χ1) is 9.22. The van der Waals surface area contributed by atoms with E-state index in [1.54, 1.807) is 22.7 Å². The van der Waals surface area contributed by atoms with E-state index in [0.29, 0.717) is 6.42 Å². The van der Waals surface area contributed by atoms with Crippen LogP contribution in [-0.4, -0.2) is 11.1 Å². The first-order valence-electron chi connectivity index (χ1n) is 6.06. The normalized spacial score (nSPS) is 12.7. The fraction of sp³-hybridized carbons (Fsp3) is 0.286. The first kappa shape index (κ1) is 12.4. The molecule has 0 aliphatic rings. The molecule has 1 aromatic carbocycles. The Hall–Kier alpha value is -1.64. The molecule has 3 nitrogen and oxygen atoms in total. The van der Waals surface area contributed by atoms with Gasteiger partial charge in [-0.2, -0.15) is 5.26 Å². The Morgan fingerprint density at radius 2 is 2.37 bits per heavy atom. The number of hydrogen-bond acceptors (Lipinski definition) is 5. The van der Waals surface area contributed by atoms with Gasteiger partial charge in [0.1, 0.15) is 11.8 Å². The van der Waals surface area contributed by atoms with Gasteiger partial charge in [-0.05, 0) is 24.8 Å². The molecule has 0 spiro atoms. The third-order valence-corrected chi connectivity index (χ3v) is 4.79. The lowest BCUT2D eigenvalue weighted by molar-refractivity contribution is 0.255. The molecule has 2 aromatic heterocycles. The molecule has 0 amide bonds. The average molecular weight is 288 g/mol. The Bertz CT molecular complexity index is 782. The van der Waals surface area contributed by atoms with Gasteiger partial charge < -0.3 is 4.74 Å². The zero-order chi connectivity index (χ0) is 13.4. The van der Waals surface area contributed by atoms with E-state index in [1.165, 1.54) is 0 Å². The summed E-state index contributed by atoms with van der Waals surface area (Å²) in [7, 11) is 0. The molecule has 0 N–H and O–H groups in total. The Kier molecular flexibility index (Phi) is 3.13. The zero-order valence-electron chi connectivity index (χ0n) is 10.6. The summed E-state index contributed by atoms with van der Waals surface area (Å²) < 4.78 is 8.09. The minimum atomic E-state index is -0.394. The smallest absolute Gasteiger partial charge is 0.184 e. The number of thiazole rings is 1. The minimum absolute atomic E-state index is 0.394. The molecule has 0 fully saturated rings. The van der Waals surface area contributed by atoms with Gasteiger partial charge in [-0.15, -0.1) is 22.7 Å². The summed E-state index contributed by atoms with van der Waals surface area (Å²) in [4.78, 5) is 4.58. The highest BCUT2D eigenvalue weighted by Gasteiger charge is 2.15. The predicted octanol–water partition coefficient (Wildman–Crippen LogP) is 4.50. The second kappa shape index (κ2) is 4.80. The van der Waals surface area contributed by atoms with Crippen LogP contribution >= 0.6 is 22.7 Å². The monoisotopic (exact) mass is 288 g/mol. The standard InChI is InChI=1S/C14H12N2OS2/c1-3-9(7-15)17-11-6-12-13(16-8(2)19-12)14-10(11)4-5-18-14/h4-6,9H,3H2,1-2H3. The molecule has 0 aliphatic heterocycles. The van der Waals surface area contributed by atoms with Gasteiger partial charge in [-0.25, -0.2) is 4.98 Å². The predicted molar refractivity (Wildman–Crippen MR) is 80.1 cm³/mol. The topological polar surface area (TPSA) is 45.9 Å². The van der Waals surface area contributed by atoms with Crippen LogP contribution in [0.4, 0.5) is 0 Å². The molecule has 0 aliphatic carbocycles. The van der Waals surface area contributed by atoms with Crippen LogP contribution in [0.1, 0.15) is 18.4 Å². The number of aromatic nitrogens is 1. The lowest BCUT2D eigenvalue weighted by Crippen LogP contribution is -2.12.